The van der Waals surface area contributed by atoms with Crippen LogP contribution in [0.3, 0.4) is 0 Å². The maximum absolute atomic E-state index is 10.7. The Morgan fingerprint density at radius 2 is 0.840 bits per heavy atom. The van der Waals surface area contributed by atoms with Gasteiger partial charge < -0.3 is 118 Å². The first-order chi connectivity index (χ1) is 50.8. The molecule has 0 radical (unpaired) electrons. The zero-order valence-electron chi connectivity index (χ0n) is 62.5. The predicted molar refractivity (Wildman–Crippen MR) is 401 cm³/mol. The fourth-order valence-corrected chi connectivity index (χ4v) is 8.89. The first kappa shape index (κ1) is 102. The molecule has 4 heterocycles. The van der Waals surface area contributed by atoms with E-state index in [0.29, 0.717) is 72.0 Å². The van der Waals surface area contributed by atoms with E-state index in [2.05, 4.69) is 67.0 Å². The van der Waals surface area contributed by atoms with Gasteiger partial charge in [0.1, 0.15) is 36.5 Å². The number of nitrogens with one attached hydrogen (secondary N) is 10. The first-order valence-corrected chi connectivity index (χ1v) is 36.2. The molecular weight excluding hydrogens is 1380 g/mol. The summed E-state index contributed by atoms with van der Waals surface area (Å²) in [4.78, 5) is 101. The summed E-state index contributed by atoms with van der Waals surface area (Å²) in [6.45, 7) is 20.0. The van der Waals surface area contributed by atoms with Crippen molar-refractivity contribution in [1.29, 1.82) is 0 Å². The number of rotatable bonds is 40. The Kier molecular flexibility index (Phi) is 69.4. The molecule has 33 nitrogen and oxygen atoms in total. The number of carboxylic acids is 10. The van der Waals surface area contributed by atoms with Crippen LogP contribution in [0.4, 0.5) is 0 Å². The van der Waals surface area contributed by atoms with E-state index in [1.807, 2.05) is 106 Å². The molecule has 0 aromatic heterocycles. The molecule has 0 bridgehead atoms. The number of ether oxygens (including phenoxy) is 3. The number of unbranched alkanes of at least 4 members (excludes halogenated alkanes) is 5. The van der Waals surface area contributed by atoms with Crippen LogP contribution in [-0.4, -0.2) is 266 Å². The molecule has 4 aliphatic rings. The van der Waals surface area contributed by atoms with Crippen molar-refractivity contribution in [2.75, 3.05) is 125 Å². The van der Waals surface area contributed by atoms with E-state index in [9.17, 15) is 47.9 Å². The molecule has 604 valence electrons. The molecular formula is C73H124N10O23. The van der Waals surface area contributed by atoms with Crippen molar-refractivity contribution in [2.45, 2.75) is 168 Å². The van der Waals surface area contributed by atoms with Crippen LogP contribution < -0.4 is 57.9 Å². The number of fused-ring (bicyclic) bond motifs is 1. The molecule has 0 saturated carbocycles. The van der Waals surface area contributed by atoms with E-state index in [1.54, 1.807) is 0 Å². The smallest absolute Gasteiger partial charge is 0.321 e. The second-order valence-electron chi connectivity index (χ2n) is 23.6. The van der Waals surface area contributed by atoms with Crippen LogP contribution in [0.2, 0.25) is 0 Å². The van der Waals surface area contributed by atoms with Crippen LogP contribution >= 0.6 is 0 Å². The Balaban J connectivity index is -0.00000112. The Hall–Kier alpha value is -8.32. The van der Waals surface area contributed by atoms with Gasteiger partial charge in [0.25, 0.3) is 0 Å². The fraction of sp³-hybridized carbons (Fsp3) is 0.616. The summed E-state index contributed by atoms with van der Waals surface area (Å²) in [6, 6.07) is 26.0. The highest BCUT2D eigenvalue weighted by atomic mass is 16.5. The molecule has 4 aliphatic heterocycles. The number of aliphatic carboxylic acids is 10. The van der Waals surface area contributed by atoms with E-state index < -0.39 is 71.8 Å². The lowest BCUT2D eigenvalue weighted by molar-refractivity contribution is -0.142. The van der Waals surface area contributed by atoms with Gasteiger partial charge in [0.15, 0.2) is 0 Å². The molecule has 106 heavy (non-hydrogen) atoms. The molecule has 3 aromatic carbocycles. The highest BCUT2D eigenvalue weighted by molar-refractivity contribution is 5.76. The summed E-state index contributed by atoms with van der Waals surface area (Å²) < 4.78 is 15.5. The lowest BCUT2D eigenvalue weighted by atomic mass is 9.96. The number of carboxylic acid groups (broad SMARTS) is 10. The highest BCUT2D eigenvalue weighted by Gasteiger charge is 2.29. The first-order valence-electron chi connectivity index (χ1n) is 36.2. The molecule has 3 saturated heterocycles. The minimum Gasteiger partial charge on any atom is -0.492 e. The van der Waals surface area contributed by atoms with Crippen molar-refractivity contribution in [1.82, 2.24) is 53.2 Å². The quantitative estimate of drug-likeness (QED) is 0.0360. The fourth-order valence-electron chi connectivity index (χ4n) is 8.89. The van der Waals surface area contributed by atoms with Gasteiger partial charge in [-0.1, -0.05) is 132 Å². The number of carbonyl (C=O) groups is 10. The standard InChI is InChI=1S/C10H13NO3.C10H11NO2.C10H13NO2.C8H17NO2.C7H13NO3.C7H15NO2.C6H13NO3.C6H11NO2.C5H11NO2.C4H7NO2/c12-10(13)8-11-6-7-14-9-4-2-1-3-5-9;12-10(13)9-5-7-3-1-2-4-8(7)6-11-9;12-10(13)8-11-7-6-9-4-2-1-3-5-9;1-2-3-4-5-6-9-7-8(10)11;1-2-11-5-3-6(7(9)10)8-4-5;1-2-3-4-5-8-6-7(9)10;1-2-10-4-3-7-5-6(8)9;8-6(9)5-3-1-2-4-7-5;1-2-3-6-4-5(7)8;6-4(7)3-1-2-5-3/h1-5,11H,6-8H2,(H,12,13);1-4,9,11H,5-6H2,(H,12,13);1-5,11H,6-8H2,(H,12,13);9H,2-7H2,1H3,(H,10,11);5-6,8H,2-4H2,1H3,(H,9,10);8H,2-6H2,1H3,(H,9,10);7H,2-5H2,1H3,(H,8,9);5,7H,1-4H2,(H,8,9);6H,2-4H2,1H3,(H,7,8);3,5H,1-2H2,(H,6,7)/t;9-;;;5-,6+;;;5-;;3-/m.0..1..0.0/s1. The van der Waals surface area contributed by atoms with E-state index in [0.717, 1.165) is 95.4 Å². The minimum absolute atomic E-state index is 0.00702. The van der Waals surface area contributed by atoms with Gasteiger partial charge in [0.05, 0.1) is 52.0 Å². The van der Waals surface area contributed by atoms with Gasteiger partial charge in [-0.25, -0.2) is 0 Å². The molecule has 3 aromatic rings. The molecule has 33 heteroatoms. The summed E-state index contributed by atoms with van der Waals surface area (Å²) in [7, 11) is 0. The number of hydrogen-bond donors (Lipinski definition) is 20. The van der Waals surface area contributed by atoms with E-state index in [-0.39, 0.29) is 57.5 Å². The zero-order valence-corrected chi connectivity index (χ0v) is 62.5. The van der Waals surface area contributed by atoms with E-state index >= 15 is 0 Å². The molecule has 20 N–H and O–H groups in total. The lowest BCUT2D eigenvalue weighted by Crippen LogP contribution is -2.48. The average Bonchev–Trinajstić information content (AvgIpc) is 0.976. The van der Waals surface area contributed by atoms with Crippen molar-refractivity contribution in [3.63, 3.8) is 0 Å². The number of benzene rings is 3. The van der Waals surface area contributed by atoms with Gasteiger partial charge in [-0.3, -0.25) is 47.9 Å². The summed E-state index contributed by atoms with van der Waals surface area (Å²) in [5.41, 5.74) is 3.58. The summed E-state index contributed by atoms with van der Waals surface area (Å²) in [5.74, 6) is -7.06. The van der Waals surface area contributed by atoms with Crippen LogP contribution in [0.5, 0.6) is 5.75 Å². The van der Waals surface area contributed by atoms with Crippen molar-refractivity contribution >= 4 is 59.7 Å². The molecule has 3 fully saturated rings. The van der Waals surface area contributed by atoms with Crippen molar-refractivity contribution < 1.29 is 113 Å². The van der Waals surface area contributed by atoms with Crippen LogP contribution in [0.1, 0.15) is 135 Å². The summed E-state index contributed by atoms with van der Waals surface area (Å²) in [5, 5.41) is 112. The van der Waals surface area contributed by atoms with Crippen molar-refractivity contribution in [2.24, 2.45) is 0 Å². The Labute approximate surface area is 623 Å². The Morgan fingerprint density at radius 1 is 0.406 bits per heavy atom. The highest BCUT2D eigenvalue weighted by Crippen LogP contribution is 2.16. The topological polar surface area (TPSA) is 521 Å². The molecule has 0 aliphatic carbocycles. The van der Waals surface area contributed by atoms with Gasteiger partial charge >= 0.3 is 59.7 Å². The molecule has 7 rings (SSSR count). The van der Waals surface area contributed by atoms with Gasteiger partial charge in [-0.2, -0.15) is 0 Å². The van der Waals surface area contributed by atoms with E-state index in [1.165, 1.54) is 43.2 Å². The average molecular weight is 1510 g/mol. The van der Waals surface area contributed by atoms with Crippen LogP contribution in [0, 0.1) is 0 Å². The van der Waals surface area contributed by atoms with Crippen LogP contribution in [0.15, 0.2) is 84.9 Å². The predicted octanol–water partition coefficient (Wildman–Crippen LogP) is 3.77. The maximum atomic E-state index is 10.7. The van der Waals surface area contributed by atoms with Crippen LogP contribution in [0.25, 0.3) is 0 Å². The largest absolute Gasteiger partial charge is 0.492 e. The SMILES string of the molecule is CCCCCCNCC(=O)O.CCCCCNCC(=O)O.CCCNCC(=O)O.CCOCCNCC(=O)O.CCO[C@H]1CN[C@H](C(=O)O)C1.O=C(O)CNCCOc1ccccc1.O=C(O)CNCCc1ccccc1.O=C(O)[C@@H]1CCCCN1.O=C(O)[C@@H]1CCN1.O=C(O)[C@@H]1Cc2ccccc2CN1. The van der Waals surface area contributed by atoms with Gasteiger partial charge in [0.2, 0.25) is 0 Å². The maximum Gasteiger partial charge on any atom is 0.321 e. The second-order valence-corrected chi connectivity index (χ2v) is 23.6. The third-order valence-corrected chi connectivity index (χ3v) is 14.5. The zero-order chi connectivity index (χ0) is 79.8. The van der Waals surface area contributed by atoms with Crippen LogP contribution in [-0.2, 0) is 76.8 Å². The summed E-state index contributed by atoms with van der Waals surface area (Å²) in [6.07, 6.45) is 15.0. The minimum atomic E-state index is -0.857. The van der Waals surface area contributed by atoms with Crippen molar-refractivity contribution in [3.05, 3.63) is 102 Å². The van der Waals surface area contributed by atoms with E-state index in [4.69, 9.17) is 65.3 Å². The number of para-hydroxylation sites is 1. The van der Waals surface area contributed by atoms with Gasteiger partial charge in [0, 0.05) is 45.8 Å². The molecule has 0 unspecified atom stereocenters. The Morgan fingerprint density at radius 3 is 1.25 bits per heavy atom. The van der Waals surface area contributed by atoms with Gasteiger partial charge in [-0.15, -0.1) is 0 Å². The third kappa shape index (κ3) is 68.8. The second kappa shape index (κ2) is 72.3. The molecule has 0 spiro atoms. The number of hydrogen-bond acceptors (Lipinski definition) is 23. The molecule has 5 atom stereocenters. The van der Waals surface area contributed by atoms with Gasteiger partial charge in [-0.05, 0) is 133 Å². The monoisotopic (exact) mass is 1510 g/mol. The summed E-state index contributed by atoms with van der Waals surface area (Å²) >= 11 is 0. The Bertz CT molecular complexity index is 2710. The van der Waals surface area contributed by atoms with Crippen molar-refractivity contribution in [3.8, 4) is 5.75 Å². The molecule has 0 amide bonds. The third-order valence-electron chi connectivity index (χ3n) is 14.5. The lowest BCUT2D eigenvalue weighted by Gasteiger charge is -2.22. The normalized spacial score (nSPS) is 16.0. The number of piperidine rings is 1.